The zero-order valence-electron chi connectivity index (χ0n) is 12.6. The number of nitrogens with zero attached hydrogens (tertiary/aromatic N) is 3. The van der Waals surface area contributed by atoms with Crippen molar-refractivity contribution in [3.8, 4) is 17.2 Å². The maximum absolute atomic E-state index is 11.2. The second-order valence-electron chi connectivity index (χ2n) is 5.16. The van der Waals surface area contributed by atoms with Crippen LogP contribution >= 0.6 is 0 Å². The molecule has 0 aliphatic rings. The van der Waals surface area contributed by atoms with Gasteiger partial charge in [0.15, 0.2) is 0 Å². The highest BCUT2D eigenvalue weighted by Gasteiger charge is 2.05. The zero-order chi connectivity index (χ0) is 17.1. The van der Waals surface area contributed by atoms with Crippen molar-refractivity contribution in [1.29, 1.82) is 5.26 Å². The summed E-state index contributed by atoms with van der Waals surface area (Å²) in [6.45, 7) is 0. The summed E-state index contributed by atoms with van der Waals surface area (Å²) in [6, 6.07) is 15.0. The summed E-state index contributed by atoms with van der Waals surface area (Å²) in [6.07, 6.45) is 3.14. The standard InChI is InChI=1S/C18H13N5O/c19-9-15(17(20)24)7-11-2-1-3-12(6-11)13-4-5-14-10-22-18(21)23-16(14)8-13/h1-8,10H,(H2,20,24)(H2,21,22,23)/b15-7+. The maximum Gasteiger partial charge on any atom is 0.259 e. The van der Waals surface area contributed by atoms with E-state index in [0.29, 0.717) is 5.56 Å². The Balaban J connectivity index is 2.06. The van der Waals surface area contributed by atoms with Crippen molar-refractivity contribution in [2.45, 2.75) is 0 Å². The minimum absolute atomic E-state index is 0.0915. The van der Waals surface area contributed by atoms with Gasteiger partial charge in [-0.2, -0.15) is 5.26 Å². The molecule has 3 aromatic rings. The third-order valence-electron chi connectivity index (χ3n) is 3.52. The highest BCUT2D eigenvalue weighted by molar-refractivity contribution is 6.00. The van der Waals surface area contributed by atoms with Crippen molar-refractivity contribution in [1.82, 2.24) is 9.97 Å². The van der Waals surface area contributed by atoms with Crippen molar-refractivity contribution in [3.05, 3.63) is 59.8 Å². The molecule has 0 bridgehead atoms. The highest BCUT2D eigenvalue weighted by Crippen LogP contribution is 2.25. The number of hydrogen-bond acceptors (Lipinski definition) is 5. The van der Waals surface area contributed by atoms with Crippen LogP contribution < -0.4 is 11.5 Å². The van der Waals surface area contributed by atoms with Crippen LogP contribution in [0.2, 0.25) is 0 Å². The van der Waals surface area contributed by atoms with Crippen molar-refractivity contribution >= 4 is 28.8 Å². The Morgan fingerprint density at radius 3 is 2.71 bits per heavy atom. The van der Waals surface area contributed by atoms with Gasteiger partial charge in [0.1, 0.15) is 11.6 Å². The lowest BCUT2D eigenvalue weighted by molar-refractivity contribution is -0.114. The van der Waals surface area contributed by atoms with E-state index in [1.807, 2.05) is 36.4 Å². The number of aromatic nitrogens is 2. The number of nitrogens with two attached hydrogens (primary N) is 2. The van der Waals surface area contributed by atoms with Gasteiger partial charge in [-0.05, 0) is 34.9 Å². The van der Waals surface area contributed by atoms with Crippen LogP contribution in [-0.2, 0) is 4.79 Å². The maximum atomic E-state index is 11.2. The minimum Gasteiger partial charge on any atom is -0.368 e. The summed E-state index contributed by atoms with van der Waals surface area (Å²) in [5, 5.41) is 9.84. The van der Waals surface area contributed by atoms with Gasteiger partial charge in [0, 0.05) is 11.6 Å². The first-order valence-corrected chi connectivity index (χ1v) is 7.11. The summed E-state index contributed by atoms with van der Waals surface area (Å²) in [7, 11) is 0. The SMILES string of the molecule is N#C/C(=C\c1cccc(-c2ccc3cnc(N)nc3c2)c1)C(N)=O. The summed E-state index contributed by atoms with van der Waals surface area (Å²) in [5.74, 6) is -0.530. The molecule has 6 heteroatoms. The number of carbonyl (C=O) groups is 1. The third-order valence-corrected chi connectivity index (χ3v) is 3.52. The molecule has 2 aromatic carbocycles. The van der Waals surface area contributed by atoms with E-state index in [1.54, 1.807) is 18.3 Å². The molecule has 1 heterocycles. The van der Waals surface area contributed by atoms with Gasteiger partial charge in [-0.3, -0.25) is 4.79 Å². The van der Waals surface area contributed by atoms with E-state index in [0.717, 1.165) is 22.0 Å². The number of fused-ring (bicyclic) bond motifs is 1. The van der Waals surface area contributed by atoms with E-state index in [-0.39, 0.29) is 11.5 Å². The number of nitrogen functional groups attached to an aromatic ring is 1. The van der Waals surface area contributed by atoms with E-state index in [2.05, 4.69) is 9.97 Å². The predicted octanol–water partition coefficient (Wildman–Crippen LogP) is 2.27. The van der Waals surface area contributed by atoms with Crippen LogP contribution in [0.5, 0.6) is 0 Å². The molecule has 0 spiro atoms. The minimum atomic E-state index is -0.749. The van der Waals surface area contributed by atoms with Crippen LogP contribution in [0.3, 0.4) is 0 Å². The molecule has 4 N–H and O–H groups in total. The molecule has 0 saturated heterocycles. The number of anilines is 1. The van der Waals surface area contributed by atoms with E-state index < -0.39 is 5.91 Å². The smallest absolute Gasteiger partial charge is 0.259 e. The van der Waals surface area contributed by atoms with Gasteiger partial charge in [-0.15, -0.1) is 0 Å². The Bertz CT molecular complexity index is 1020. The topological polar surface area (TPSA) is 119 Å². The molecule has 24 heavy (non-hydrogen) atoms. The molecule has 116 valence electrons. The molecular weight excluding hydrogens is 302 g/mol. The normalized spacial score (nSPS) is 11.2. The van der Waals surface area contributed by atoms with Gasteiger partial charge in [0.05, 0.1) is 5.52 Å². The molecular formula is C18H13N5O. The number of nitriles is 1. The third kappa shape index (κ3) is 3.05. The largest absolute Gasteiger partial charge is 0.368 e. The summed E-state index contributed by atoms with van der Waals surface area (Å²) in [5.41, 5.74) is 14.0. The van der Waals surface area contributed by atoms with E-state index in [9.17, 15) is 4.79 Å². The second-order valence-corrected chi connectivity index (χ2v) is 5.16. The quantitative estimate of drug-likeness (QED) is 0.567. The molecule has 6 nitrogen and oxygen atoms in total. The van der Waals surface area contributed by atoms with Gasteiger partial charge in [-0.1, -0.05) is 30.3 Å². The van der Waals surface area contributed by atoms with E-state index in [4.69, 9.17) is 16.7 Å². The fraction of sp³-hybridized carbons (Fsp3) is 0. The van der Waals surface area contributed by atoms with Crippen LogP contribution in [0.1, 0.15) is 5.56 Å². The summed E-state index contributed by atoms with van der Waals surface area (Å²) in [4.78, 5) is 19.4. The number of rotatable bonds is 3. The fourth-order valence-electron chi connectivity index (χ4n) is 2.35. The summed E-state index contributed by atoms with van der Waals surface area (Å²) >= 11 is 0. The Labute approximate surface area is 138 Å². The molecule has 0 aliphatic carbocycles. The predicted molar refractivity (Wildman–Crippen MR) is 92.2 cm³/mol. The molecule has 0 saturated carbocycles. The monoisotopic (exact) mass is 315 g/mol. The lowest BCUT2D eigenvalue weighted by Crippen LogP contribution is -2.12. The Morgan fingerprint density at radius 2 is 1.96 bits per heavy atom. The van der Waals surface area contributed by atoms with Crippen molar-refractivity contribution in [2.75, 3.05) is 5.73 Å². The summed E-state index contributed by atoms with van der Waals surface area (Å²) < 4.78 is 0. The molecule has 0 radical (unpaired) electrons. The zero-order valence-corrected chi connectivity index (χ0v) is 12.6. The Kier molecular flexibility index (Phi) is 3.91. The highest BCUT2D eigenvalue weighted by atomic mass is 16.1. The molecule has 0 unspecified atom stereocenters. The van der Waals surface area contributed by atoms with Crippen LogP contribution in [0.4, 0.5) is 5.95 Å². The lowest BCUT2D eigenvalue weighted by Gasteiger charge is -2.05. The average molecular weight is 315 g/mol. The second kappa shape index (κ2) is 6.18. The van der Waals surface area contributed by atoms with E-state index in [1.165, 1.54) is 6.08 Å². The Morgan fingerprint density at radius 1 is 1.17 bits per heavy atom. The number of carbonyl (C=O) groups excluding carboxylic acids is 1. The van der Waals surface area contributed by atoms with Gasteiger partial charge in [-0.25, -0.2) is 9.97 Å². The number of benzene rings is 2. The van der Waals surface area contributed by atoms with Gasteiger partial charge in [0.2, 0.25) is 5.95 Å². The van der Waals surface area contributed by atoms with Gasteiger partial charge in [0.25, 0.3) is 5.91 Å². The van der Waals surface area contributed by atoms with Crippen molar-refractivity contribution in [2.24, 2.45) is 5.73 Å². The molecule has 3 rings (SSSR count). The first-order chi connectivity index (χ1) is 11.6. The van der Waals surface area contributed by atoms with Gasteiger partial charge < -0.3 is 11.5 Å². The van der Waals surface area contributed by atoms with Crippen LogP contribution in [-0.4, -0.2) is 15.9 Å². The molecule has 1 aromatic heterocycles. The first-order valence-electron chi connectivity index (χ1n) is 7.11. The van der Waals surface area contributed by atoms with E-state index >= 15 is 0 Å². The number of primary amides is 1. The lowest BCUT2D eigenvalue weighted by atomic mass is 10.0. The van der Waals surface area contributed by atoms with Gasteiger partial charge >= 0.3 is 0 Å². The van der Waals surface area contributed by atoms with Crippen LogP contribution in [0.25, 0.3) is 28.1 Å². The van der Waals surface area contributed by atoms with Crippen LogP contribution in [0, 0.1) is 11.3 Å². The molecule has 0 fully saturated rings. The van der Waals surface area contributed by atoms with Crippen LogP contribution in [0.15, 0.2) is 54.2 Å². The first kappa shape index (κ1) is 15.2. The molecule has 0 atom stereocenters. The fourth-order valence-corrected chi connectivity index (χ4v) is 2.35. The molecule has 0 aliphatic heterocycles. The molecule has 1 amide bonds. The average Bonchev–Trinajstić information content (AvgIpc) is 2.59. The van der Waals surface area contributed by atoms with Crippen molar-refractivity contribution < 1.29 is 4.79 Å². The van der Waals surface area contributed by atoms with Crippen molar-refractivity contribution in [3.63, 3.8) is 0 Å². The number of hydrogen-bond donors (Lipinski definition) is 2. The Hall–Kier alpha value is -3.72. The number of amides is 1.